The first-order chi connectivity index (χ1) is 6.65. The number of aromatic nitrogens is 2. The van der Waals surface area contributed by atoms with Gasteiger partial charge in [0.2, 0.25) is 5.91 Å². The zero-order chi connectivity index (χ0) is 10.6. The van der Waals surface area contributed by atoms with Crippen molar-refractivity contribution in [1.29, 1.82) is 0 Å². The molecule has 1 rings (SSSR count). The molecule has 0 aliphatic heterocycles. The molecule has 2 unspecified atom stereocenters. The van der Waals surface area contributed by atoms with E-state index in [1.165, 1.54) is 0 Å². The number of aromatic amines is 1. The van der Waals surface area contributed by atoms with E-state index in [9.17, 15) is 4.79 Å². The number of hydrogen-bond donors (Lipinski definition) is 3. The molecule has 1 heterocycles. The van der Waals surface area contributed by atoms with Gasteiger partial charge in [-0.1, -0.05) is 20.3 Å². The Bertz CT molecular complexity index is 283. The molecule has 0 aliphatic rings. The largest absolute Gasteiger partial charge is 0.320 e. The van der Waals surface area contributed by atoms with E-state index in [0.29, 0.717) is 5.82 Å². The summed E-state index contributed by atoms with van der Waals surface area (Å²) in [6.45, 7) is 3.96. The van der Waals surface area contributed by atoms with Crippen LogP contribution in [-0.4, -0.2) is 22.1 Å². The van der Waals surface area contributed by atoms with E-state index in [4.69, 9.17) is 5.73 Å². The number of carbonyl (C=O) groups excluding carboxylic acids is 1. The van der Waals surface area contributed by atoms with Crippen molar-refractivity contribution >= 4 is 11.7 Å². The molecule has 1 amide bonds. The Morgan fingerprint density at radius 3 is 3.00 bits per heavy atom. The van der Waals surface area contributed by atoms with E-state index in [0.717, 1.165) is 6.42 Å². The smallest absolute Gasteiger partial charge is 0.242 e. The fraction of sp³-hybridized carbons (Fsp3) is 0.556. The molecule has 5 heteroatoms. The molecule has 5 nitrogen and oxygen atoms in total. The van der Waals surface area contributed by atoms with E-state index in [1.54, 1.807) is 12.3 Å². The molecular weight excluding hydrogens is 180 g/mol. The van der Waals surface area contributed by atoms with Crippen molar-refractivity contribution in [3.63, 3.8) is 0 Å². The third kappa shape index (κ3) is 2.56. The highest BCUT2D eigenvalue weighted by Crippen LogP contribution is 2.07. The number of anilines is 1. The van der Waals surface area contributed by atoms with Gasteiger partial charge in [0.05, 0.1) is 12.2 Å². The average Bonchev–Trinajstić information content (AvgIpc) is 2.68. The summed E-state index contributed by atoms with van der Waals surface area (Å²) in [7, 11) is 0. The molecule has 4 N–H and O–H groups in total. The summed E-state index contributed by atoms with van der Waals surface area (Å²) in [6.07, 6.45) is 2.46. The predicted molar refractivity (Wildman–Crippen MR) is 54.6 cm³/mol. The summed E-state index contributed by atoms with van der Waals surface area (Å²) < 4.78 is 0. The van der Waals surface area contributed by atoms with Crippen LogP contribution in [0.1, 0.15) is 20.3 Å². The second-order valence-electron chi connectivity index (χ2n) is 3.37. The van der Waals surface area contributed by atoms with Gasteiger partial charge in [-0.15, -0.1) is 0 Å². The van der Waals surface area contributed by atoms with Crippen LogP contribution in [0, 0.1) is 5.92 Å². The van der Waals surface area contributed by atoms with Crippen molar-refractivity contribution in [3.8, 4) is 0 Å². The molecule has 0 saturated carbocycles. The Hall–Kier alpha value is -1.36. The number of H-pyrrole nitrogens is 1. The lowest BCUT2D eigenvalue weighted by Crippen LogP contribution is -2.40. The molecule has 0 aromatic carbocycles. The van der Waals surface area contributed by atoms with E-state index in [1.807, 2.05) is 13.8 Å². The van der Waals surface area contributed by atoms with Gasteiger partial charge in [0.1, 0.15) is 5.82 Å². The predicted octanol–water partition coefficient (Wildman–Crippen LogP) is 0.722. The number of nitrogens with one attached hydrogen (secondary N) is 2. The summed E-state index contributed by atoms with van der Waals surface area (Å²) in [5.74, 6) is 0.579. The average molecular weight is 196 g/mol. The van der Waals surface area contributed by atoms with Crippen LogP contribution in [0.4, 0.5) is 5.82 Å². The first kappa shape index (κ1) is 10.7. The molecule has 0 fully saturated rings. The van der Waals surface area contributed by atoms with Crippen LogP contribution in [-0.2, 0) is 4.79 Å². The van der Waals surface area contributed by atoms with Crippen LogP contribution in [0.25, 0.3) is 0 Å². The fourth-order valence-corrected chi connectivity index (χ4v) is 1.05. The van der Waals surface area contributed by atoms with Crippen LogP contribution >= 0.6 is 0 Å². The maximum atomic E-state index is 11.5. The van der Waals surface area contributed by atoms with Gasteiger partial charge in [-0.05, 0) is 5.92 Å². The first-order valence-electron chi connectivity index (χ1n) is 4.71. The van der Waals surface area contributed by atoms with Gasteiger partial charge < -0.3 is 11.1 Å². The maximum Gasteiger partial charge on any atom is 0.242 e. The molecule has 0 saturated heterocycles. The fourth-order valence-electron chi connectivity index (χ4n) is 1.05. The van der Waals surface area contributed by atoms with Gasteiger partial charge >= 0.3 is 0 Å². The molecule has 0 radical (unpaired) electrons. The van der Waals surface area contributed by atoms with E-state index < -0.39 is 6.04 Å². The summed E-state index contributed by atoms with van der Waals surface area (Å²) in [5.41, 5.74) is 5.74. The Morgan fingerprint density at radius 1 is 1.79 bits per heavy atom. The number of nitrogens with zero attached hydrogens (tertiary/aromatic N) is 1. The minimum atomic E-state index is -0.469. The molecule has 1 aromatic heterocycles. The SMILES string of the molecule is CCC(C)C(N)C(=O)Nc1ccn[nH]1. The minimum Gasteiger partial charge on any atom is -0.320 e. The molecule has 2 atom stereocenters. The van der Waals surface area contributed by atoms with E-state index >= 15 is 0 Å². The quantitative estimate of drug-likeness (QED) is 0.663. The lowest BCUT2D eigenvalue weighted by molar-refractivity contribution is -0.118. The van der Waals surface area contributed by atoms with Crippen molar-refractivity contribution in [3.05, 3.63) is 12.3 Å². The standard InChI is InChI=1S/C9H16N4O/c1-3-6(2)8(10)9(14)12-7-4-5-11-13-7/h4-6,8H,3,10H2,1-2H3,(H2,11,12,13,14). The second kappa shape index (κ2) is 4.76. The van der Waals surface area contributed by atoms with Crippen molar-refractivity contribution < 1.29 is 4.79 Å². The molecule has 0 aliphatic carbocycles. The highest BCUT2D eigenvalue weighted by Gasteiger charge is 2.19. The third-order valence-electron chi connectivity index (χ3n) is 2.32. The van der Waals surface area contributed by atoms with Crippen LogP contribution in [0.15, 0.2) is 12.3 Å². The number of amides is 1. The van der Waals surface area contributed by atoms with Crippen molar-refractivity contribution in [1.82, 2.24) is 10.2 Å². The lowest BCUT2D eigenvalue weighted by atomic mass is 9.99. The van der Waals surface area contributed by atoms with Gasteiger partial charge in [0.25, 0.3) is 0 Å². The zero-order valence-electron chi connectivity index (χ0n) is 8.45. The Balaban J connectivity index is 2.50. The van der Waals surface area contributed by atoms with Crippen molar-refractivity contribution in [2.75, 3.05) is 5.32 Å². The number of carbonyl (C=O) groups is 1. The van der Waals surface area contributed by atoms with Crippen molar-refractivity contribution in [2.45, 2.75) is 26.3 Å². The summed E-state index contributed by atoms with van der Waals surface area (Å²) in [5, 5.41) is 9.02. The topological polar surface area (TPSA) is 83.8 Å². The molecule has 14 heavy (non-hydrogen) atoms. The van der Waals surface area contributed by atoms with Gasteiger partial charge in [-0.3, -0.25) is 9.89 Å². The highest BCUT2D eigenvalue weighted by molar-refractivity contribution is 5.93. The minimum absolute atomic E-state index is 0.177. The molecule has 0 spiro atoms. The van der Waals surface area contributed by atoms with Gasteiger partial charge in [0, 0.05) is 6.07 Å². The highest BCUT2D eigenvalue weighted by atomic mass is 16.2. The second-order valence-corrected chi connectivity index (χ2v) is 3.37. The Labute approximate surface area is 83.1 Å². The Morgan fingerprint density at radius 2 is 2.50 bits per heavy atom. The molecule has 0 bridgehead atoms. The lowest BCUT2D eigenvalue weighted by Gasteiger charge is -2.16. The summed E-state index contributed by atoms with van der Waals surface area (Å²) >= 11 is 0. The van der Waals surface area contributed by atoms with E-state index in [-0.39, 0.29) is 11.8 Å². The van der Waals surface area contributed by atoms with Crippen LogP contribution in [0.3, 0.4) is 0 Å². The third-order valence-corrected chi connectivity index (χ3v) is 2.32. The molecular formula is C9H16N4O. The molecule has 78 valence electrons. The van der Waals surface area contributed by atoms with Crippen LogP contribution in [0.2, 0.25) is 0 Å². The van der Waals surface area contributed by atoms with E-state index in [2.05, 4.69) is 15.5 Å². The number of rotatable bonds is 4. The molecule has 1 aromatic rings. The van der Waals surface area contributed by atoms with Crippen LogP contribution < -0.4 is 11.1 Å². The normalized spacial score (nSPS) is 14.8. The first-order valence-corrected chi connectivity index (χ1v) is 4.71. The number of hydrogen-bond acceptors (Lipinski definition) is 3. The summed E-state index contributed by atoms with van der Waals surface area (Å²) in [6, 6.07) is 1.21. The maximum absolute atomic E-state index is 11.5. The monoisotopic (exact) mass is 196 g/mol. The zero-order valence-corrected chi connectivity index (χ0v) is 8.45. The number of nitrogens with two attached hydrogens (primary N) is 1. The van der Waals surface area contributed by atoms with Gasteiger partial charge in [0.15, 0.2) is 0 Å². The summed E-state index contributed by atoms with van der Waals surface area (Å²) in [4.78, 5) is 11.5. The van der Waals surface area contributed by atoms with Crippen molar-refractivity contribution in [2.24, 2.45) is 11.7 Å². The Kier molecular flexibility index (Phi) is 3.64. The van der Waals surface area contributed by atoms with Gasteiger partial charge in [-0.25, -0.2) is 0 Å². The van der Waals surface area contributed by atoms with Crippen LogP contribution in [0.5, 0.6) is 0 Å². The van der Waals surface area contributed by atoms with Gasteiger partial charge in [-0.2, -0.15) is 5.10 Å².